The summed E-state index contributed by atoms with van der Waals surface area (Å²) in [6, 6.07) is 1.61. The first-order valence-electron chi connectivity index (χ1n) is 4.69. The maximum atomic E-state index is 5.74. The van der Waals surface area contributed by atoms with E-state index in [1.807, 2.05) is 6.26 Å². The van der Waals surface area contributed by atoms with E-state index >= 15 is 0 Å². The normalized spacial score (nSPS) is 12.0. The fraction of sp³-hybridized carbons (Fsp3) is 0.556. The molecule has 0 spiro atoms. The van der Waals surface area contributed by atoms with Gasteiger partial charge in [-0.05, 0) is 6.26 Å². The Balaban J connectivity index is 2.71. The Kier molecular flexibility index (Phi) is 5.13. The standard InChI is InChI=1S/C9H16N4O2S/c1-14-7-4-8(15-2)13-9(12-7)11-5-6(10)16-3/h4,6H,5,10H2,1-3H3,(H,11,12,13). The molecule has 0 bridgehead atoms. The molecule has 0 aliphatic heterocycles. The maximum absolute atomic E-state index is 5.74. The van der Waals surface area contributed by atoms with Crippen molar-refractivity contribution in [2.24, 2.45) is 5.73 Å². The molecule has 90 valence electrons. The van der Waals surface area contributed by atoms with Crippen LogP contribution >= 0.6 is 11.8 Å². The van der Waals surface area contributed by atoms with Gasteiger partial charge in [0.2, 0.25) is 17.7 Å². The summed E-state index contributed by atoms with van der Waals surface area (Å²) in [7, 11) is 3.08. The van der Waals surface area contributed by atoms with Crippen molar-refractivity contribution in [3.8, 4) is 11.8 Å². The second kappa shape index (κ2) is 6.39. The summed E-state index contributed by atoms with van der Waals surface area (Å²) in [6.45, 7) is 0.581. The zero-order valence-electron chi connectivity index (χ0n) is 9.56. The molecule has 1 aromatic rings. The predicted molar refractivity (Wildman–Crippen MR) is 65.1 cm³/mol. The Hall–Kier alpha value is -1.21. The zero-order chi connectivity index (χ0) is 12.0. The number of ether oxygens (including phenoxy) is 2. The summed E-state index contributed by atoms with van der Waals surface area (Å²) in [5, 5.41) is 3.02. The van der Waals surface area contributed by atoms with Crippen LogP contribution in [0.25, 0.3) is 0 Å². The minimum absolute atomic E-state index is 0.000737. The number of thioether (sulfide) groups is 1. The average Bonchev–Trinajstić information content (AvgIpc) is 2.35. The van der Waals surface area contributed by atoms with Crippen LogP contribution < -0.4 is 20.5 Å². The number of hydrogen-bond acceptors (Lipinski definition) is 7. The van der Waals surface area contributed by atoms with Crippen LogP contribution in [0.1, 0.15) is 0 Å². The van der Waals surface area contributed by atoms with Gasteiger partial charge in [-0.2, -0.15) is 9.97 Å². The second-order valence-corrected chi connectivity index (χ2v) is 4.01. The molecule has 7 heteroatoms. The first kappa shape index (κ1) is 12.9. The topological polar surface area (TPSA) is 82.3 Å². The van der Waals surface area contributed by atoms with Crippen LogP contribution in [-0.2, 0) is 0 Å². The summed E-state index contributed by atoms with van der Waals surface area (Å²) in [5.74, 6) is 1.35. The molecule has 16 heavy (non-hydrogen) atoms. The molecule has 0 fully saturated rings. The smallest absolute Gasteiger partial charge is 0.229 e. The Labute approximate surface area is 98.9 Å². The van der Waals surface area contributed by atoms with E-state index in [-0.39, 0.29) is 5.37 Å². The van der Waals surface area contributed by atoms with Crippen molar-refractivity contribution in [1.29, 1.82) is 0 Å². The molecule has 1 rings (SSSR count). The molecule has 6 nitrogen and oxygen atoms in total. The Morgan fingerprint density at radius 3 is 2.38 bits per heavy atom. The number of methoxy groups -OCH3 is 2. The van der Waals surface area contributed by atoms with E-state index in [2.05, 4.69) is 15.3 Å². The number of nitrogens with zero attached hydrogens (tertiary/aromatic N) is 2. The van der Waals surface area contributed by atoms with Crippen LogP contribution in [-0.4, -0.2) is 42.4 Å². The average molecular weight is 244 g/mol. The first-order chi connectivity index (χ1) is 7.69. The predicted octanol–water partition coefficient (Wildman–Crippen LogP) is 0.553. The van der Waals surface area contributed by atoms with E-state index < -0.39 is 0 Å². The number of anilines is 1. The molecular weight excluding hydrogens is 228 g/mol. The molecule has 0 saturated carbocycles. The van der Waals surface area contributed by atoms with Gasteiger partial charge in [-0.25, -0.2) is 0 Å². The van der Waals surface area contributed by atoms with Gasteiger partial charge in [-0.1, -0.05) is 0 Å². The maximum Gasteiger partial charge on any atom is 0.229 e. The van der Waals surface area contributed by atoms with E-state index in [4.69, 9.17) is 15.2 Å². The molecule has 1 heterocycles. The lowest BCUT2D eigenvalue weighted by Gasteiger charge is -2.11. The van der Waals surface area contributed by atoms with Gasteiger partial charge < -0.3 is 20.5 Å². The van der Waals surface area contributed by atoms with Crippen LogP contribution in [0.15, 0.2) is 6.07 Å². The van der Waals surface area contributed by atoms with Crippen molar-refractivity contribution < 1.29 is 9.47 Å². The molecule has 3 N–H and O–H groups in total. The fourth-order valence-electron chi connectivity index (χ4n) is 0.967. The van der Waals surface area contributed by atoms with Crippen LogP contribution in [0.3, 0.4) is 0 Å². The number of rotatable bonds is 6. The van der Waals surface area contributed by atoms with Crippen molar-refractivity contribution in [1.82, 2.24) is 9.97 Å². The van der Waals surface area contributed by atoms with E-state index in [0.29, 0.717) is 24.3 Å². The quantitative estimate of drug-likeness (QED) is 0.707. The van der Waals surface area contributed by atoms with Gasteiger partial charge in [0.25, 0.3) is 0 Å². The van der Waals surface area contributed by atoms with Gasteiger partial charge in [0.15, 0.2) is 0 Å². The van der Waals surface area contributed by atoms with Gasteiger partial charge in [0.1, 0.15) is 0 Å². The molecule has 0 amide bonds. The third kappa shape index (κ3) is 3.74. The van der Waals surface area contributed by atoms with Crippen molar-refractivity contribution >= 4 is 17.7 Å². The molecule has 0 aliphatic carbocycles. The molecule has 0 aliphatic rings. The van der Waals surface area contributed by atoms with Gasteiger partial charge in [0.05, 0.1) is 25.7 Å². The lowest BCUT2D eigenvalue weighted by Crippen LogP contribution is -2.25. The van der Waals surface area contributed by atoms with Crippen LogP contribution in [0, 0.1) is 0 Å². The monoisotopic (exact) mass is 244 g/mol. The third-order valence-corrected chi connectivity index (χ3v) is 2.63. The van der Waals surface area contributed by atoms with Crippen LogP contribution in [0.5, 0.6) is 11.8 Å². The SMILES string of the molecule is COc1cc(OC)nc(NCC(N)SC)n1. The fourth-order valence-corrected chi connectivity index (χ4v) is 1.22. The van der Waals surface area contributed by atoms with Gasteiger partial charge in [-0.3, -0.25) is 0 Å². The largest absolute Gasteiger partial charge is 0.481 e. The highest BCUT2D eigenvalue weighted by atomic mass is 32.2. The van der Waals surface area contributed by atoms with Crippen LogP contribution in [0.2, 0.25) is 0 Å². The Bertz CT molecular complexity index is 315. The second-order valence-electron chi connectivity index (χ2n) is 2.93. The summed E-state index contributed by atoms with van der Waals surface area (Å²) in [4.78, 5) is 8.23. The molecule has 0 saturated heterocycles. The van der Waals surface area contributed by atoms with Crippen molar-refractivity contribution in [3.05, 3.63) is 6.07 Å². The molecule has 1 atom stereocenters. The third-order valence-electron chi connectivity index (χ3n) is 1.86. The number of aromatic nitrogens is 2. The molecule has 1 unspecified atom stereocenters. The van der Waals surface area contributed by atoms with E-state index in [1.54, 1.807) is 32.0 Å². The Morgan fingerprint density at radius 1 is 1.38 bits per heavy atom. The van der Waals surface area contributed by atoms with E-state index in [9.17, 15) is 0 Å². The van der Waals surface area contributed by atoms with E-state index in [0.717, 1.165) is 0 Å². The van der Waals surface area contributed by atoms with E-state index in [1.165, 1.54) is 0 Å². The lowest BCUT2D eigenvalue weighted by molar-refractivity contribution is 0.373. The van der Waals surface area contributed by atoms with Gasteiger partial charge in [-0.15, -0.1) is 11.8 Å². The molecule has 0 radical (unpaired) electrons. The molecule has 1 aromatic heterocycles. The van der Waals surface area contributed by atoms with Gasteiger partial charge >= 0.3 is 0 Å². The van der Waals surface area contributed by atoms with Crippen molar-refractivity contribution in [3.63, 3.8) is 0 Å². The zero-order valence-corrected chi connectivity index (χ0v) is 10.4. The number of nitrogens with two attached hydrogens (primary N) is 1. The van der Waals surface area contributed by atoms with Crippen molar-refractivity contribution in [2.75, 3.05) is 32.3 Å². The minimum atomic E-state index is 0.000737. The van der Waals surface area contributed by atoms with Crippen LogP contribution in [0.4, 0.5) is 5.95 Å². The summed E-state index contributed by atoms with van der Waals surface area (Å²) >= 11 is 1.56. The highest BCUT2D eigenvalue weighted by Gasteiger charge is 2.06. The highest BCUT2D eigenvalue weighted by molar-refractivity contribution is 7.99. The van der Waals surface area contributed by atoms with Crippen molar-refractivity contribution in [2.45, 2.75) is 5.37 Å². The first-order valence-corrected chi connectivity index (χ1v) is 5.97. The molecule has 0 aromatic carbocycles. The Morgan fingerprint density at radius 2 is 1.94 bits per heavy atom. The number of nitrogens with one attached hydrogen (secondary N) is 1. The minimum Gasteiger partial charge on any atom is -0.481 e. The highest BCUT2D eigenvalue weighted by Crippen LogP contribution is 2.17. The summed E-state index contributed by atoms with van der Waals surface area (Å²) < 4.78 is 10.0. The summed E-state index contributed by atoms with van der Waals surface area (Å²) in [6.07, 6.45) is 1.94. The van der Waals surface area contributed by atoms with Gasteiger partial charge in [0, 0.05) is 6.54 Å². The number of hydrogen-bond donors (Lipinski definition) is 2. The molecular formula is C9H16N4O2S. The lowest BCUT2D eigenvalue weighted by atomic mass is 10.5. The summed E-state index contributed by atoms with van der Waals surface area (Å²) in [5.41, 5.74) is 5.74.